The number of amides is 1. The predicted molar refractivity (Wildman–Crippen MR) is 111 cm³/mol. The Hall–Kier alpha value is -2.86. The SMILES string of the molecule is CC(=O)[C@@H](Cc1ccccc1)NC(=O)CSc1nccn1Cc1ccccc1. The number of nitrogens with one attached hydrogen (secondary N) is 1. The maximum absolute atomic E-state index is 12.4. The number of carbonyl (C=O) groups excluding carboxylic acids is 2. The number of carbonyl (C=O) groups is 2. The quantitative estimate of drug-likeness (QED) is 0.567. The molecule has 3 rings (SSSR count). The van der Waals surface area contributed by atoms with Gasteiger partial charge >= 0.3 is 0 Å². The summed E-state index contributed by atoms with van der Waals surface area (Å²) in [6.07, 6.45) is 4.13. The van der Waals surface area contributed by atoms with E-state index in [9.17, 15) is 9.59 Å². The number of hydrogen-bond acceptors (Lipinski definition) is 4. The normalized spacial score (nSPS) is 11.8. The van der Waals surface area contributed by atoms with Gasteiger partial charge in [0.15, 0.2) is 10.9 Å². The van der Waals surface area contributed by atoms with E-state index in [-0.39, 0.29) is 17.4 Å². The second kappa shape index (κ2) is 9.90. The van der Waals surface area contributed by atoms with Crippen LogP contribution in [0.5, 0.6) is 0 Å². The van der Waals surface area contributed by atoms with E-state index in [0.717, 1.165) is 10.7 Å². The van der Waals surface area contributed by atoms with Crippen LogP contribution in [0, 0.1) is 0 Å². The van der Waals surface area contributed by atoms with Gasteiger partial charge in [-0.15, -0.1) is 0 Å². The van der Waals surface area contributed by atoms with E-state index < -0.39 is 6.04 Å². The molecule has 2 aromatic carbocycles. The molecule has 0 spiro atoms. The van der Waals surface area contributed by atoms with Crippen LogP contribution in [0.15, 0.2) is 78.2 Å². The van der Waals surface area contributed by atoms with Crippen molar-refractivity contribution < 1.29 is 9.59 Å². The molecule has 0 unspecified atom stereocenters. The van der Waals surface area contributed by atoms with Gasteiger partial charge in [0.1, 0.15) is 0 Å². The Balaban J connectivity index is 1.55. The molecule has 1 atom stereocenters. The topological polar surface area (TPSA) is 64.0 Å². The standard InChI is InChI=1S/C22H23N3O2S/c1-17(26)20(14-18-8-4-2-5-9-18)24-21(27)16-28-22-23-12-13-25(22)15-19-10-6-3-7-11-19/h2-13,20H,14-16H2,1H3,(H,24,27)/t20-/m1/s1. The van der Waals surface area contributed by atoms with Crippen molar-refractivity contribution in [1.29, 1.82) is 0 Å². The van der Waals surface area contributed by atoms with Gasteiger partial charge in [0, 0.05) is 18.9 Å². The highest BCUT2D eigenvalue weighted by Gasteiger charge is 2.18. The molecule has 1 heterocycles. The minimum Gasteiger partial charge on any atom is -0.345 e. The molecular weight excluding hydrogens is 370 g/mol. The molecule has 0 radical (unpaired) electrons. The molecule has 144 valence electrons. The first-order chi connectivity index (χ1) is 13.6. The Morgan fingerprint density at radius 3 is 2.32 bits per heavy atom. The largest absolute Gasteiger partial charge is 0.345 e. The van der Waals surface area contributed by atoms with E-state index in [4.69, 9.17) is 0 Å². The van der Waals surface area contributed by atoms with Gasteiger partial charge in [0.2, 0.25) is 5.91 Å². The second-order valence-electron chi connectivity index (χ2n) is 6.53. The van der Waals surface area contributed by atoms with Crippen molar-refractivity contribution in [3.63, 3.8) is 0 Å². The third kappa shape index (κ3) is 5.82. The summed E-state index contributed by atoms with van der Waals surface area (Å²) in [6, 6.07) is 19.3. The number of hydrogen-bond donors (Lipinski definition) is 1. The van der Waals surface area contributed by atoms with Crippen LogP contribution in [0.25, 0.3) is 0 Å². The van der Waals surface area contributed by atoms with Crippen LogP contribution in [0.1, 0.15) is 18.1 Å². The van der Waals surface area contributed by atoms with Crippen molar-refractivity contribution in [2.45, 2.75) is 31.1 Å². The van der Waals surface area contributed by atoms with Gasteiger partial charge in [-0.1, -0.05) is 72.4 Å². The highest BCUT2D eigenvalue weighted by atomic mass is 32.2. The number of imidazole rings is 1. The first-order valence-corrected chi connectivity index (χ1v) is 10.1. The van der Waals surface area contributed by atoms with Crippen molar-refractivity contribution in [1.82, 2.24) is 14.9 Å². The van der Waals surface area contributed by atoms with Crippen molar-refractivity contribution in [2.75, 3.05) is 5.75 Å². The highest BCUT2D eigenvalue weighted by Crippen LogP contribution is 2.17. The molecule has 28 heavy (non-hydrogen) atoms. The van der Waals surface area contributed by atoms with Crippen LogP contribution in [-0.4, -0.2) is 33.0 Å². The van der Waals surface area contributed by atoms with Crippen LogP contribution in [0.3, 0.4) is 0 Å². The number of Topliss-reactive ketones (excluding diaryl/α,β-unsaturated/α-hetero) is 1. The second-order valence-corrected chi connectivity index (χ2v) is 7.47. The minimum absolute atomic E-state index is 0.0484. The molecule has 0 saturated heterocycles. The lowest BCUT2D eigenvalue weighted by Crippen LogP contribution is -2.42. The van der Waals surface area contributed by atoms with Crippen LogP contribution in [0.2, 0.25) is 0 Å². The fourth-order valence-corrected chi connectivity index (χ4v) is 3.62. The maximum atomic E-state index is 12.4. The molecule has 6 heteroatoms. The Bertz CT molecular complexity index is 910. The number of benzene rings is 2. The molecule has 5 nitrogen and oxygen atoms in total. The molecule has 0 fully saturated rings. The molecule has 0 aliphatic heterocycles. The van der Waals surface area contributed by atoms with Crippen molar-refractivity contribution in [2.24, 2.45) is 0 Å². The molecule has 0 aliphatic rings. The lowest BCUT2D eigenvalue weighted by molar-refractivity contribution is -0.125. The van der Waals surface area contributed by atoms with Gasteiger partial charge in [-0.2, -0.15) is 0 Å². The predicted octanol–water partition coefficient (Wildman–Crippen LogP) is 3.34. The molecule has 3 aromatic rings. The Morgan fingerprint density at radius 1 is 1.04 bits per heavy atom. The number of rotatable bonds is 9. The molecule has 1 N–H and O–H groups in total. The zero-order valence-corrected chi connectivity index (χ0v) is 16.6. The first kappa shape index (κ1) is 19.9. The summed E-state index contributed by atoms with van der Waals surface area (Å²) in [5.41, 5.74) is 2.19. The smallest absolute Gasteiger partial charge is 0.231 e. The maximum Gasteiger partial charge on any atom is 0.231 e. The molecule has 0 saturated carbocycles. The summed E-state index contributed by atoms with van der Waals surface area (Å²) >= 11 is 1.37. The zero-order valence-electron chi connectivity index (χ0n) is 15.7. The van der Waals surface area contributed by atoms with Crippen molar-refractivity contribution >= 4 is 23.5 Å². The van der Waals surface area contributed by atoms with E-state index >= 15 is 0 Å². The molecule has 0 aliphatic carbocycles. The van der Waals surface area contributed by atoms with Gasteiger partial charge in [-0.3, -0.25) is 9.59 Å². The van der Waals surface area contributed by atoms with Gasteiger partial charge in [0.05, 0.1) is 11.8 Å². The average molecular weight is 394 g/mol. The Kier molecular flexibility index (Phi) is 7.03. The Morgan fingerprint density at radius 2 is 1.68 bits per heavy atom. The fraction of sp³-hybridized carbons (Fsp3) is 0.227. The monoisotopic (exact) mass is 393 g/mol. The van der Waals surface area contributed by atoms with E-state index in [0.29, 0.717) is 13.0 Å². The van der Waals surface area contributed by atoms with E-state index in [1.807, 2.05) is 59.3 Å². The minimum atomic E-state index is -0.514. The van der Waals surface area contributed by atoms with E-state index in [1.165, 1.54) is 24.2 Å². The highest BCUT2D eigenvalue weighted by molar-refractivity contribution is 7.99. The fourth-order valence-electron chi connectivity index (χ4n) is 2.85. The number of nitrogens with zero attached hydrogens (tertiary/aromatic N) is 2. The van der Waals surface area contributed by atoms with Crippen molar-refractivity contribution in [3.05, 3.63) is 84.2 Å². The Labute approximate surface area is 169 Å². The first-order valence-electron chi connectivity index (χ1n) is 9.13. The summed E-state index contributed by atoms with van der Waals surface area (Å²) in [4.78, 5) is 28.7. The number of aromatic nitrogens is 2. The molecule has 1 aromatic heterocycles. The average Bonchev–Trinajstić information content (AvgIpc) is 3.14. The summed E-state index contributed by atoms with van der Waals surface area (Å²) < 4.78 is 2.01. The van der Waals surface area contributed by atoms with Crippen LogP contribution < -0.4 is 5.32 Å². The zero-order chi connectivity index (χ0) is 19.8. The third-order valence-corrected chi connectivity index (χ3v) is 5.32. The van der Waals surface area contributed by atoms with Gasteiger partial charge < -0.3 is 9.88 Å². The lowest BCUT2D eigenvalue weighted by atomic mass is 10.0. The molecule has 1 amide bonds. The summed E-state index contributed by atoms with van der Waals surface area (Å²) in [6.45, 7) is 2.21. The van der Waals surface area contributed by atoms with Crippen LogP contribution in [0.4, 0.5) is 0 Å². The summed E-state index contributed by atoms with van der Waals surface area (Å²) in [5.74, 6) is -0.00661. The molecule has 0 bridgehead atoms. The van der Waals surface area contributed by atoms with E-state index in [1.54, 1.807) is 6.20 Å². The van der Waals surface area contributed by atoms with Crippen molar-refractivity contribution in [3.8, 4) is 0 Å². The summed E-state index contributed by atoms with van der Waals surface area (Å²) in [7, 11) is 0. The van der Waals surface area contributed by atoms with Crippen LogP contribution >= 0.6 is 11.8 Å². The number of ketones is 1. The number of thioether (sulfide) groups is 1. The van der Waals surface area contributed by atoms with Gasteiger partial charge in [-0.25, -0.2) is 4.98 Å². The van der Waals surface area contributed by atoms with E-state index in [2.05, 4.69) is 22.4 Å². The lowest BCUT2D eigenvalue weighted by Gasteiger charge is -2.16. The third-order valence-electron chi connectivity index (χ3n) is 4.31. The van der Waals surface area contributed by atoms with Crippen LogP contribution in [-0.2, 0) is 22.6 Å². The molecular formula is C22H23N3O2S. The van der Waals surface area contributed by atoms with Gasteiger partial charge in [-0.05, 0) is 24.5 Å². The summed E-state index contributed by atoms with van der Waals surface area (Å²) in [5, 5.41) is 3.63. The van der Waals surface area contributed by atoms with Gasteiger partial charge in [0.25, 0.3) is 0 Å².